The van der Waals surface area contributed by atoms with Crippen molar-refractivity contribution >= 4 is 5.84 Å². The third kappa shape index (κ3) is 2.39. The zero-order valence-electron chi connectivity index (χ0n) is 7.85. The van der Waals surface area contributed by atoms with E-state index >= 15 is 0 Å². The van der Waals surface area contributed by atoms with Gasteiger partial charge in [0.15, 0.2) is 0 Å². The Morgan fingerprint density at radius 2 is 2.00 bits per heavy atom. The first kappa shape index (κ1) is 11.4. The molecule has 3 N–H and O–H groups in total. The molecule has 0 aromatic heterocycles. The minimum Gasteiger partial charge on any atom is -0.497 e. The minimum atomic E-state index is -4.52. The van der Waals surface area contributed by atoms with Crippen molar-refractivity contribution in [1.82, 2.24) is 0 Å². The molecule has 0 aliphatic rings. The van der Waals surface area contributed by atoms with Gasteiger partial charge in [0.25, 0.3) is 0 Å². The second-order valence-corrected chi connectivity index (χ2v) is 2.82. The first-order chi connectivity index (χ1) is 6.86. The highest BCUT2D eigenvalue weighted by molar-refractivity contribution is 5.97. The van der Waals surface area contributed by atoms with Gasteiger partial charge in [0, 0.05) is 5.56 Å². The molecule has 0 bridgehead atoms. The number of benzene rings is 1. The Morgan fingerprint density at radius 3 is 2.40 bits per heavy atom. The number of halogens is 3. The summed E-state index contributed by atoms with van der Waals surface area (Å²) in [5.74, 6) is -0.408. The lowest BCUT2D eigenvalue weighted by Gasteiger charge is -2.12. The van der Waals surface area contributed by atoms with Crippen LogP contribution in [0.15, 0.2) is 18.2 Å². The summed E-state index contributed by atoms with van der Waals surface area (Å²) in [5, 5.41) is 7.05. The molecule has 0 spiro atoms. The number of hydrogen-bond acceptors (Lipinski definition) is 2. The van der Waals surface area contributed by atoms with Crippen LogP contribution in [0.3, 0.4) is 0 Å². The molecular weight excluding hydrogens is 209 g/mol. The molecule has 0 aliphatic carbocycles. The van der Waals surface area contributed by atoms with E-state index < -0.39 is 17.6 Å². The van der Waals surface area contributed by atoms with Crippen molar-refractivity contribution in [3.05, 3.63) is 29.3 Å². The number of amidine groups is 1. The summed E-state index contributed by atoms with van der Waals surface area (Å²) in [5.41, 5.74) is 3.75. The van der Waals surface area contributed by atoms with Gasteiger partial charge in [-0.15, -0.1) is 0 Å². The van der Waals surface area contributed by atoms with Crippen LogP contribution in [0.1, 0.15) is 11.1 Å². The fraction of sp³-hybridized carbons (Fsp3) is 0.222. The lowest BCUT2D eigenvalue weighted by Crippen LogP contribution is -2.18. The largest absolute Gasteiger partial charge is 0.497 e. The Hall–Kier alpha value is -1.72. The summed E-state index contributed by atoms with van der Waals surface area (Å²) in [7, 11) is 1.33. The summed E-state index contributed by atoms with van der Waals surface area (Å²) in [6, 6.07) is 3.11. The third-order valence-electron chi connectivity index (χ3n) is 1.82. The second kappa shape index (κ2) is 3.80. The first-order valence-corrected chi connectivity index (χ1v) is 3.96. The topological polar surface area (TPSA) is 59.1 Å². The first-order valence-electron chi connectivity index (χ1n) is 3.96. The normalized spacial score (nSPS) is 11.2. The molecule has 0 radical (unpaired) electrons. The van der Waals surface area contributed by atoms with Crippen molar-refractivity contribution in [1.29, 1.82) is 5.41 Å². The number of methoxy groups -OCH3 is 1. The molecule has 0 unspecified atom stereocenters. The predicted octanol–water partition coefficient (Wildman–Crippen LogP) is 2.00. The van der Waals surface area contributed by atoms with Crippen molar-refractivity contribution < 1.29 is 17.9 Å². The van der Waals surface area contributed by atoms with E-state index in [2.05, 4.69) is 0 Å². The molecule has 0 aliphatic heterocycles. The van der Waals surface area contributed by atoms with Crippen LogP contribution in [0.25, 0.3) is 0 Å². The van der Waals surface area contributed by atoms with Crippen LogP contribution in [0, 0.1) is 5.41 Å². The molecule has 0 saturated carbocycles. The molecule has 6 heteroatoms. The van der Waals surface area contributed by atoms with Crippen molar-refractivity contribution in [2.45, 2.75) is 6.18 Å². The van der Waals surface area contributed by atoms with Gasteiger partial charge in [-0.05, 0) is 18.2 Å². The fourth-order valence-electron chi connectivity index (χ4n) is 1.12. The molecule has 0 amide bonds. The summed E-state index contributed by atoms with van der Waals surface area (Å²) < 4.78 is 42.1. The van der Waals surface area contributed by atoms with Crippen molar-refractivity contribution in [3.63, 3.8) is 0 Å². The summed E-state index contributed by atoms with van der Waals surface area (Å²) in [6.07, 6.45) is -4.52. The van der Waals surface area contributed by atoms with Crippen LogP contribution in [-0.2, 0) is 6.18 Å². The lowest BCUT2D eigenvalue weighted by atomic mass is 10.1. The van der Waals surface area contributed by atoms with Crippen LogP contribution in [0.4, 0.5) is 13.2 Å². The SMILES string of the molecule is COc1ccc(C(F)(F)F)c(C(=N)N)c1. The zero-order valence-corrected chi connectivity index (χ0v) is 7.85. The Kier molecular flexibility index (Phi) is 2.88. The van der Waals surface area contributed by atoms with E-state index in [-0.39, 0.29) is 11.3 Å². The average molecular weight is 218 g/mol. The minimum absolute atomic E-state index is 0.230. The summed E-state index contributed by atoms with van der Waals surface area (Å²) in [4.78, 5) is 0. The lowest BCUT2D eigenvalue weighted by molar-refractivity contribution is -0.137. The molecule has 3 nitrogen and oxygen atoms in total. The van der Waals surface area contributed by atoms with Gasteiger partial charge in [-0.1, -0.05) is 0 Å². The zero-order chi connectivity index (χ0) is 11.6. The van der Waals surface area contributed by atoms with E-state index in [1.54, 1.807) is 0 Å². The maximum Gasteiger partial charge on any atom is 0.417 e. The quantitative estimate of drug-likeness (QED) is 0.589. The van der Waals surface area contributed by atoms with Gasteiger partial charge >= 0.3 is 6.18 Å². The molecule has 1 aromatic carbocycles. The van der Waals surface area contributed by atoms with Gasteiger partial charge < -0.3 is 10.5 Å². The number of ether oxygens (including phenoxy) is 1. The molecule has 82 valence electrons. The van der Waals surface area contributed by atoms with Crippen LogP contribution in [-0.4, -0.2) is 12.9 Å². The van der Waals surface area contributed by atoms with E-state index in [0.29, 0.717) is 0 Å². The Balaban J connectivity index is 3.34. The van der Waals surface area contributed by atoms with Gasteiger partial charge in [-0.25, -0.2) is 0 Å². The number of rotatable bonds is 2. The average Bonchev–Trinajstić information content (AvgIpc) is 2.15. The number of nitrogen functional groups attached to an aromatic ring is 1. The monoisotopic (exact) mass is 218 g/mol. The number of nitrogens with one attached hydrogen (secondary N) is 1. The van der Waals surface area contributed by atoms with Gasteiger partial charge in [0.1, 0.15) is 11.6 Å². The summed E-state index contributed by atoms with van der Waals surface area (Å²) in [6.45, 7) is 0. The standard InChI is InChI=1S/C9H9F3N2O/c1-15-5-2-3-7(9(10,11)12)6(4-5)8(13)14/h2-4H,1H3,(H3,13,14). The molecule has 1 aromatic rings. The number of alkyl halides is 3. The van der Waals surface area contributed by atoms with Crippen LogP contribution in [0.2, 0.25) is 0 Å². The van der Waals surface area contributed by atoms with Gasteiger partial charge in [0.05, 0.1) is 12.7 Å². The third-order valence-corrected chi connectivity index (χ3v) is 1.82. The van der Waals surface area contributed by atoms with Crippen molar-refractivity contribution in [3.8, 4) is 5.75 Å². The van der Waals surface area contributed by atoms with Crippen molar-refractivity contribution in [2.75, 3.05) is 7.11 Å². The molecule has 0 fully saturated rings. The Morgan fingerprint density at radius 1 is 1.40 bits per heavy atom. The van der Waals surface area contributed by atoms with E-state index in [1.165, 1.54) is 13.2 Å². The van der Waals surface area contributed by atoms with E-state index in [1.807, 2.05) is 0 Å². The van der Waals surface area contributed by atoms with E-state index in [9.17, 15) is 13.2 Å². The summed E-state index contributed by atoms with van der Waals surface area (Å²) >= 11 is 0. The van der Waals surface area contributed by atoms with E-state index in [4.69, 9.17) is 15.9 Å². The van der Waals surface area contributed by atoms with Gasteiger partial charge in [-0.3, -0.25) is 5.41 Å². The maximum atomic E-state index is 12.5. The highest BCUT2D eigenvalue weighted by Crippen LogP contribution is 2.33. The fourth-order valence-corrected chi connectivity index (χ4v) is 1.12. The second-order valence-electron chi connectivity index (χ2n) is 2.82. The molecule has 15 heavy (non-hydrogen) atoms. The molecule has 0 atom stereocenters. The van der Waals surface area contributed by atoms with E-state index in [0.717, 1.165) is 12.1 Å². The number of nitrogens with two attached hydrogens (primary N) is 1. The van der Waals surface area contributed by atoms with Gasteiger partial charge in [-0.2, -0.15) is 13.2 Å². The molecule has 0 saturated heterocycles. The van der Waals surface area contributed by atoms with Crippen LogP contribution in [0.5, 0.6) is 5.75 Å². The Bertz CT molecular complexity index is 387. The molecular formula is C9H9F3N2O. The highest BCUT2D eigenvalue weighted by Gasteiger charge is 2.34. The Labute approximate surface area is 84.2 Å². The van der Waals surface area contributed by atoms with Crippen molar-refractivity contribution in [2.24, 2.45) is 5.73 Å². The highest BCUT2D eigenvalue weighted by atomic mass is 19.4. The van der Waals surface area contributed by atoms with Crippen LogP contribution < -0.4 is 10.5 Å². The maximum absolute atomic E-state index is 12.5. The number of hydrogen-bond donors (Lipinski definition) is 2. The smallest absolute Gasteiger partial charge is 0.417 e. The molecule has 0 heterocycles. The van der Waals surface area contributed by atoms with Gasteiger partial charge in [0.2, 0.25) is 0 Å². The molecule has 1 rings (SSSR count). The van der Waals surface area contributed by atoms with Crippen LogP contribution >= 0.6 is 0 Å². The predicted molar refractivity (Wildman–Crippen MR) is 49.0 cm³/mol.